The van der Waals surface area contributed by atoms with Gasteiger partial charge in [-0.3, -0.25) is 0 Å². The maximum atomic E-state index is 5.97. The number of ether oxygens (including phenoxy) is 1. The van der Waals surface area contributed by atoms with Crippen molar-refractivity contribution in [2.45, 2.75) is 33.1 Å². The number of nitrogens with zero attached hydrogens (tertiary/aromatic N) is 2. The Morgan fingerprint density at radius 1 is 1.24 bits per heavy atom. The molecule has 0 aliphatic rings. The Kier molecular flexibility index (Phi) is 4.44. The summed E-state index contributed by atoms with van der Waals surface area (Å²) in [6, 6.07) is 5.30. The molecule has 0 fully saturated rings. The Hall–Kier alpha value is -1.33. The fraction of sp³-hybridized carbons (Fsp3) is 0.333. The number of anilines is 1. The maximum absolute atomic E-state index is 5.97. The van der Waals surface area contributed by atoms with Gasteiger partial charge in [0, 0.05) is 10.4 Å². The molecule has 0 aliphatic carbocycles. The molecule has 2 aromatic rings. The van der Waals surface area contributed by atoms with Crippen molar-refractivity contribution in [1.29, 1.82) is 0 Å². The first-order valence-corrected chi connectivity index (χ1v) is 7.63. The van der Waals surface area contributed by atoms with Gasteiger partial charge in [0.2, 0.25) is 5.88 Å². The van der Waals surface area contributed by atoms with E-state index in [4.69, 9.17) is 22.1 Å². The molecule has 1 aromatic heterocycles. The zero-order valence-corrected chi connectivity index (χ0v) is 14.7. The molecular weight excluding hydrogens is 354 g/mol. The fourth-order valence-electron chi connectivity index (χ4n) is 1.61. The van der Waals surface area contributed by atoms with Crippen molar-refractivity contribution in [2.75, 3.05) is 5.73 Å². The van der Waals surface area contributed by atoms with E-state index in [0.29, 0.717) is 33.9 Å². The van der Waals surface area contributed by atoms with Gasteiger partial charge in [0.1, 0.15) is 17.4 Å². The zero-order valence-electron chi connectivity index (χ0n) is 12.4. The third kappa shape index (κ3) is 3.66. The van der Waals surface area contributed by atoms with Crippen molar-refractivity contribution >= 4 is 33.3 Å². The molecule has 0 aliphatic heterocycles. The van der Waals surface area contributed by atoms with E-state index in [2.05, 4.69) is 25.9 Å². The number of rotatable bonds is 2. The summed E-state index contributed by atoms with van der Waals surface area (Å²) in [6.07, 6.45) is 0. The number of hydrogen-bond acceptors (Lipinski definition) is 4. The van der Waals surface area contributed by atoms with Crippen LogP contribution in [0.5, 0.6) is 11.6 Å². The Morgan fingerprint density at radius 3 is 2.48 bits per heavy atom. The van der Waals surface area contributed by atoms with E-state index in [1.807, 2.05) is 27.7 Å². The van der Waals surface area contributed by atoms with Crippen molar-refractivity contribution in [2.24, 2.45) is 0 Å². The van der Waals surface area contributed by atoms with Gasteiger partial charge in [0.25, 0.3) is 0 Å². The molecule has 0 amide bonds. The number of halogens is 2. The standard InChI is InChI=1S/C15H17BrClN3O/c1-8-12(18)19-14(15(2,3)4)20-13(8)21-11-6-5-9(17)7-10(11)16/h5-7H,1-4H3,(H2,18,19,20). The normalized spacial score (nSPS) is 11.5. The summed E-state index contributed by atoms with van der Waals surface area (Å²) in [5.74, 6) is 2.15. The summed E-state index contributed by atoms with van der Waals surface area (Å²) in [5.41, 5.74) is 6.47. The Bertz CT molecular complexity index is 683. The second-order valence-electron chi connectivity index (χ2n) is 5.79. The van der Waals surface area contributed by atoms with Gasteiger partial charge < -0.3 is 10.5 Å². The van der Waals surface area contributed by atoms with Crippen LogP contribution >= 0.6 is 27.5 Å². The number of hydrogen-bond donors (Lipinski definition) is 1. The van der Waals surface area contributed by atoms with Crippen LogP contribution in [-0.4, -0.2) is 9.97 Å². The van der Waals surface area contributed by atoms with Crippen molar-refractivity contribution in [3.05, 3.63) is 39.1 Å². The predicted molar refractivity (Wildman–Crippen MR) is 89.1 cm³/mol. The van der Waals surface area contributed by atoms with Crippen molar-refractivity contribution in [3.8, 4) is 11.6 Å². The summed E-state index contributed by atoms with van der Waals surface area (Å²) in [4.78, 5) is 8.83. The molecule has 2 N–H and O–H groups in total. The number of aromatic nitrogens is 2. The highest BCUT2D eigenvalue weighted by molar-refractivity contribution is 9.10. The largest absolute Gasteiger partial charge is 0.437 e. The molecule has 2 rings (SSSR count). The van der Waals surface area contributed by atoms with Crippen molar-refractivity contribution in [1.82, 2.24) is 9.97 Å². The lowest BCUT2D eigenvalue weighted by molar-refractivity contribution is 0.440. The minimum absolute atomic E-state index is 0.211. The topological polar surface area (TPSA) is 61.0 Å². The number of benzene rings is 1. The molecule has 0 unspecified atom stereocenters. The zero-order chi connectivity index (χ0) is 15.8. The van der Waals surface area contributed by atoms with E-state index in [1.165, 1.54) is 0 Å². The van der Waals surface area contributed by atoms with Gasteiger partial charge in [0.05, 0.1) is 10.0 Å². The van der Waals surface area contributed by atoms with Gasteiger partial charge >= 0.3 is 0 Å². The van der Waals surface area contributed by atoms with Gasteiger partial charge in [-0.2, -0.15) is 4.98 Å². The molecule has 1 heterocycles. The van der Waals surface area contributed by atoms with Crippen LogP contribution in [0.2, 0.25) is 5.02 Å². The molecule has 0 radical (unpaired) electrons. The first-order chi connectivity index (χ1) is 9.68. The first kappa shape index (κ1) is 16.0. The van der Waals surface area contributed by atoms with Crippen LogP contribution in [0.1, 0.15) is 32.2 Å². The molecule has 0 saturated carbocycles. The maximum Gasteiger partial charge on any atom is 0.227 e. The minimum atomic E-state index is -0.211. The monoisotopic (exact) mass is 369 g/mol. The highest BCUT2D eigenvalue weighted by Gasteiger charge is 2.21. The van der Waals surface area contributed by atoms with Crippen molar-refractivity contribution < 1.29 is 4.74 Å². The van der Waals surface area contributed by atoms with Crippen molar-refractivity contribution in [3.63, 3.8) is 0 Å². The third-order valence-corrected chi connectivity index (χ3v) is 3.76. The molecule has 0 spiro atoms. The second-order valence-corrected chi connectivity index (χ2v) is 7.08. The molecule has 0 saturated heterocycles. The second kappa shape index (κ2) is 5.81. The van der Waals surface area contributed by atoms with E-state index in [9.17, 15) is 0 Å². The fourth-order valence-corrected chi connectivity index (χ4v) is 2.37. The summed E-state index contributed by atoms with van der Waals surface area (Å²) >= 11 is 9.35. The van der Waals surface area contributed by atoms with Crippen LogP contribution in [0, 0.1) is 6.92 Å². The quantitative estimate of drug-likeness (QED) is 0.819. The lowest BCUT2D eigenvalue weighted by Crippen LogP contribution is -2.18. The van der Waals surface area contributed by atoms with E-state index in [-0.39, 0.29) is 5.41 Å². The van der Waals surface area contributed by atoms with E-state index >= 15 is 0 Å². The summed E-state index contributed by atoms with van der Waals surface area (Å²) < 4.78 is 6.63. The summed E-state index contributed by atoms with van der Waals surface area (Å²) in [5, 5.41) is 0.628. The SMILES string of the molecule is Cc1c(N)nc(C(C)(C)C)nc1Oc1ccc(Cl)cc1Br. The number of nitrogen functional groups attached to an aromatic ring is 1. The molecule has 4 nitrogen and oxygen atoms in total. The smallest absolute Gasteiger partial charge is 0.227 e. The predicted octanol–water partition coefficient (Wildman–Crippen LogP) is 4.87. The molecule has 6 heteroatoms. The average Bonchev–Trinajstić information content (AvgIpc) is 2.36. The Balaban J connectivity index is 2.46. The minimum Gasteiger partial charge on any atom is -0.437 e. The van der Waals surface area contributed by atoms with Crippen LogP contribution in [0.25, 0.3) is 0 Å². The van der Waals surface area contributed by atoms with Gasteiger partial charge in [0.15, 0.2) is 0 Å². The summed E-state index contributed by atoms with van der Waals surface area (Å²) in [6.45, 7) is 7.91. The van der Waals surface area contributed by atoms with Crippen LogP contribution in [-0.2, 0) is 5.41 Å². The van der Waals surface area contributed by atoms with Crippen LogP contribution < -0.4 is 10.5 Å². The highest BCUT2D eigenvalue weighted by Crippen LogP contribution is 2.34. The number of nitrogens with two attached hydrogens (primary N) is 1. The van der Waals surface area contributed by atoms with Crippen LogP contribution in [0.15, 0.2) is 22.7 Å². The van der Waals surface area contributed by atoms with E-state index in [1.54, 1.807) is 18.2 Å². The van der Waals surface area contributed by atoms with Crippen LogP contribution in [0.4, 0.5) is 5.82 Å². The lowest BCUT2D eigenvalue weighted by atomic mass is 9.95. The average molecular weight is 371 g/mol. The molecule has 112 valence electrons. The molecule has 0 bridgehead atoms. The van der Waals surface area contributed by atoms with E-state index < -0.39 is 0 Å². The molecular formula is C15H17BrClN3O. The van der Waals surface area contributed by atoms with Gasteiger partial charge in [-0.25, -0.2) is 4.98 Å². The Labute approximate surface area is 137 Å². The molecule has 0 atom stereocenters. The molecule has 21 heavy (non-hydrogen) atoms. The van der Waals surface area contributed by atoms with Gasteiger partial charge in [-0.15, -0.1) is 0 Å². The summed E-state index contributed by atoms with van der Waals surface area (Å²) in [7, 11) is 0. The third-order valence-electron chi connectivity index (χ3n) is 2.91. The van der Waals surface area contributed by atoms with Gasteiger partial charge in [-0.05, 0) is 41.1 Å². The van der Waals surface area contributed by atoms with E-state index in [0.717, 1.165) is 4.47 Å². The Morgan fingerprint density at radius 2 is 1.90 bits per heavy atom. The first-order valence-electron chi connectivity index (χ1n) is 6.46. The van der Waals surface area contributed by atoms with Crippen LogP contribution in [0.3, 0.4) is 0 Å². The highest BCUT2D eigenvalue weighted by atomic mass is 79.9. The van der Waals surface area contributed by atoms with Gasteiger partial charge in [-0.1, -0.05) is 32.4 Å². The lowest BCUT2D eigenvalue weighted by Gasteiger charge is -2.19. The molecule has 1 aromatic carbocycles.